The number of rotatable bonds is 1. The standard InChI is InChI=1S/C42H33F2N3O/c1-24-9-8-10-25(2)38(24)34-19-17-31-30-16-14-27-15-20-36-32(28-11-4-5-12-29(28)35-13-6-7-22-46(35)36)23-26(3)47-37(21-18-33(43)41(47)44)39(27)40(30)48-42(31)45-34/h4-14,16-19,21-22,32,36H,3,15,20,23H2,1-2H3/q+2. The molecule has 2 unspecified atom stereocenters. The van der Waals surface area contributed by atoms with Gasteiger partial charge >= 0.3 is 5.95 Å². The van der Waals surface area contributed by atoms with E-state index in [0.29, 0.717) is 35.5 Å². The van der Waals surface area contributed by atoms with Crippen molar-refractivity contribution < 1.29 is 22.3 Å². The molecule has 48 heavy (non-hydrogen) atoms. The molecule has 0 amide bonds. The number of benzene rings is 3. The van der Waals surface area contributed by atoms with Crippen molar-refractivity contribution in [2.75, 3.05) is 0 Å². The molecule has 0 radical (unpaired) electrons. The van der Waals surface area contributed by atoms with E-state index in [-0.39, 0.29) is 12.0 Å². The maximum Gasteiger partial charge on any atom is 0.402 e. The topological polar surface area (TPSA) is 33.8 Å². The van der Waals surface area contributed by atoms with Crippen LogP contribution in [0.1, 0.15) is 47.1 Å². The van der Waals surface area contributed by atoms with Gasteiger partial charge in [0.1, 0.15) is 0 Å². The summed E-state index contributed by atoms with van der Waals surface area (Å²) in [6.07, 6.45) is 4.14. The summed E-state index contributed by atoms with van der Waals surface area (Å²) in [5, 5.41) is 1.76. The Morgan fingerprint density at radius 3 is 2.44 bits per heavy atom. The number of hydrogen-bond donors (Lipinski definition) is 0. The molecule has 0 saturated carbocycles. The summed E-state index contributed by atoms with van der Waals surface area (Å²) in [5.74, 6) is -1.86. The maximum absolute atomic E-state index is 16.1. The lowest BCUT2D eigenvalue weighted by Crippen LogP contribution is -2.49. The summed E-state index contributed by atoms with van der Waals surface area (Å²) in [6, 6.07) is 32.2. The minimum atomic E-state index is -0.957. The van der Waals surface area contributed by atoms with Gasteiger partial charge in [0.25, 0.3) is 0 Å². The first-order valence-corrected chi connectivity index (χ1v) is 16.5. The van der Waals surface area contributed by atoms with Crippen LogP contribution in [0.5, 0.6) is 0 Å². The normalized spacial score (nSPS) is 17.0. The van der Waals surface area contributed by atoms with Crippen molar-refractivity contribution in [3.05, 3.63) is 144 Å². The van der Waals surface area contributed by atoms with Crippen LogP contribution in [0, 0.1) is 25.6 Å². The lowest BCUT2D eigenvalue weighted by Gasteiger charge is -2.31. The minimum Gasteiger partial charge on any atom is -0.437 e. The molecule has 0 N–H and O–H groups in total. The van der Waals surface area contributed by atoms with Crippen LogP contribution in [0.2, 0.25) is 0 Å². The van der Waals surface area contributed by atoms with Crippen LogP contribution in [0.15, 0.2) is 114 Å². The van der Waals surface area contributed by atoms with E-state index in [1.165, 1.54) is 16.2 Å². The zero-order chi connectivity index (χ0) is 32.7. The van der Waals surface area contributed by atoms with Crippen LogP contribution < -0.4 is 9.13 Å². The van der Waals surface area contributed by atoms with Gasteiger partial charge in [-0.2, -0.15) is 8.96 Å². The molecule has 3 aromatic carbocycles. The Hall–Kier alpha value is -5.49. The molecule has 0 bridgehead atoms. The van der Waals surface area contributed by atoms with Crippen LogP contribution in [-0.4, -0.2) is 4.98 Å². The van der Waals surface area contributed by atoms with E-state index < -0.39 is 11.8 Å². The van der Waals surface area contributed by atoms with Gasteiger partial charge in [0.2, 0.25) is 22.9 Å². The average molecular weight is 634 g/mol. The highest BCUT2D eigenvalue weighted by molar-refractivity contribution is 6.09. The molecule has 7 aromatic rings. The van der Waals surface area contributed by atoms with E-state index in [1.807, 2.05) is 12.1 Å². The number of halogens is 2. The molecule has 0 spiro atoms. The van der Waals surface area contributed by atoms with Gasteiger partial charge in [-0.25, -0.2) is 4.98 Å². The summed E-state index contributed by atoms with van der Waals surface area (Å²) in [4.78, 5) is 5.00. The van der Waals surface area contributed by atoms with Gasteiger partial charge in [-0.15, -0.1) is 8.96 Å². The third-order valence-corrected chi connectivity index (χ3v) is 10.4. The lowest BCUT2D eigenvalue weighted by molar-refractivity contribution is -0.719. The molecule has 0 saturated heterocycles. The fraction of sp³-hybridized carbons (Fsp3) is 0.167. The zero-order valence-electron chi connectivity index (χ0n) is 26.8. The third-order valence-electron chi connectivity index (χ3n) is 10.4. The highest BCUT2D eigenvalue weighted by Crippen LogP contribution is 2.45. The molecular weight excluding hydrogens is 600 g/mol. The van der Waals surface area contributed by atoms with E-state index in [9.17, 15) is 0 Å². The summed E-state index contributed by atoms with van der Waals surface area (Å²) in [6.45, 7) is 8.58. The third kappa shape index (κ3) is 4.21. The molecule has 2 aliphatic heterocycles. The summed E-state index contributed by atoms with van der Waals surface area (Å²) in [5.41, 5.74) is 11.6. The Labute approximate surface area is 277 Å². The van der Waals surface area contributed by atoms with Gasteiger partial charge in [0.15, 0.2) is 23.5 Å². The number of fused-ring (bicyclic) bond motifs is 13. The van der Waals surface area contributed by atoms with E-state index in [1.54, 1.807) is 6.07 Å². The molecule has 0 fully saturated rings. The molecule has 0 aliphatic carbocycles. The van der Waals surface area contributed by atoms with Crippen molar-refractivity contribution in [2.24, 2.45) is 0 Å². The smallest absolute Gasteiger partial charge is 0.402 e. The Morgan fingerprint density at radius 2 is 1.58 bits per heavy atom. The summed E-state index contributed by atoms with van der Waals surface area (Å²) >= 11 is 0. The van der Waals surface area contributed by atoms with Crippen LogP contribution in [0.3, 0.4) is 0 Å². The zero-order valence-corrected chi connectivity index (χ0v) is 26.8. The molecule has 4 nitrogen and oxygen atoms in total. The average Bonchev–Trinajstić information content (AvgIpc) is 3.46. The summed E-state index contributed by atoms with van der Waals surface area (Å²) < 4.78 is 41.6. The van der Waals surface area contributed by atoms with Gasteiger partial charge < -0.3 is 4.42 Å². The van der Waals surface area contributed by atoms with Gasteiger partial charge in [0.05, 0.1) is 17.2 Å². The number of aryl methyl sites for hydroxylation is 3. The van der Waals surface area contributed by atoms with E-state index in [4.69, 9.17) is 9.40 Å². The first kappa shape index (κ1) is 28.7. The minimum absolute atomic E-state index is 0.0145. The summed E-state index contributed by atoms with van der Waals surface area (Å²) in [7, 11) is 0. The molecular formula is C42H33F2N3O+2. The molecule has 2 aliphatic rings. The Bertz CT molecular complexity index is 2460. The van der Waals surface area contributed by atoms with Crippen molar-refractivity contribution in [3.63, 3.8) is 0 Å². The van der Waals surface area contributed by atoms with E-state index in [0.717, 1.165) is 62.0 Å². The number of nitrogens with zero attached hydrogens (tertiary/aromatic N) is 3. The van der Waals surface area contributed by atoms with Gasteiger partial charge in [-0.1, -0.05) is 48.5 Å². The highest BCUT2D eigenvalue weighted by Gasteiger charge is 2.43. The molecule has 4 aromatic heterocycles. The molecule has 234 valence electrons. The molecule has 6 heterocycles. The van der Waals surface area contributed by atoms with Crippen molar-refractivity contribution >= 4 is 27.8 Å². The van der Waals surface area contributed by atoms with Crippen molar-refractivity contribution in [1.82, 2.24) is 4.98 Å². The fourth-order valence-corrected chi connectivity index (χ4v) is 8.28. The number of furan rings is 1. The predicted octanol–water partition coefficient (Wildman–Crippen LogP) is 9.60. The quantitative estimate of drug-likeness (QED) is 0.133. The van der Waals surface area contributed by atoms with Crippen molar-refractivity contribution in [1.29, 1.82) is 0 Å². The number of aromatic nitrogens is 3. The van der Waals surface area contributed by atoms with Crippen LogP contribution in [0.25, 0.3) is 61.5 Å². The molecule has 2 atom stereocenters. The largest absolute Gasteiger partial charge is 0.437 e. The maximum atomic E-state index is 16.1. The van der Waals surface area contributed by atoms with Crippen LogP contribution in [0.4, 0.5) is 8.78 Å². The second kappa shape index (κ2) is 10.8. The first-order chi connectivity index (χ1) is 23.4. The van der Waals surface area contributed by atoms with Gasteiger partial charge in [-0.3, -0.25) is 0 Å². The monoisotopic (exact) mass is 633 g/mol. The number of pyridine rings is 3. The van der Waals surface area contributed by atoms with E-state index in [2.05, 4.69) is 104 Å². The van der Waals surface area contributed by atoms with Gasteiger partial charge in [0, 0.05) is 52.9 Å². The number of hydrogen-bond acceptors (Lipinski definition) is 2. The first-order valence-electron chi connectivity index (χ1n) is 16.5. The second-order valence-corrected chi connectivity index (χ2v) is 13.2. The Kier molecular flexibility index (Phi) is 6.45. The van der Waals surface area contributed by atoms with Gasteiger partial charge in [-0.05, 0) is 79.4 Å². The Morgan fingerprint density at radius 1 is 0.792 bits per heavy atom. The Balaban J connectivity index is 1.28. The second-order valence-electron chi connectivity index (χ2n) is 13.2. The van der Waals surface area contributed by atoms with Crippen LogP contribution in [-0.2, 0) is 6.42 Å². The fourth-order valence-electron chi connectivity index (χ4n) is 8.28. The molecule has 6 heteroatoms. The van der Waals surface area contributed by atoms with Crippen LogP contribution >= 0.6 is 0 Å². The van der Waals surface area contributed by atoms with Crippen molar-refractivity contribution in [2.45, 2.75) is 45.1 Å². The predicted molar refractivity (Wildman–Crippen MR) is 184 cm³/mol. The SMILES string of the molecule is C=C1CC2c3ccccc3-c3cccc[n+]3C2CCc2ccc3c(oc4nc(-c5c(C)cccc5C)ccc43)c2-c2ccc(F)c(F)[n+]21. The van der Waals surface area contributed by atoms with E-state index >= 15 is 8.78 Å². The van der Waals surface area contributed by atoms with Crippen molar-refractivity contribution in [3.8, 4) is 33.8 Å². The number of allylic oxidation sites excluding steroid dienone is 1. The molecule has 9 rings (SSSR count). The highest BCUT2D eigenvalue weighted by atomic mass is 19.2. The lowest BCUT2D eigenvalue weighted by atomic mass is 9.77.